The molecule has 4 heteroatoms. The SMILES string of the molecule is CCC(Nc1snc(C)c1C(C)=O)c1ccccc1. The molecule has 1 N–H and O–H groups in total. The number of ketones is 1. The first kappa shape index (κ1) is 13.7. The van der Waals surface area contributed by atoms with E-state index in [-0.39, 0.29) is 11.8 Å². The van der Waals surface area contributed by atoms with Gasteiger partial charge in [-0.05, 0) is 37.4 Å². The van der Waals surface area contributed by atoms with Crippen molar-refractivity contribution in [3.05, 3.63) is 47.2 Å². The number of carbonyl (C=O) groups is 1. The van der Waals surface area contributed by atoms with E-state index < -0.39 is 0 Å². The normalized spacial score (nSPS) is 12.2. The Hall–Kier alpha value is -1.68. The van der Waals surface area contributed by atoms with Crippen LogP contribution < -0.4 is 5.32 Å². The van der Waals surface area contributed by atoms with Gasteiger partial charge in [0.25, 0.3) is 0 Å². The number of carbonyl (C=O) groups excluding carboxylic acids is 1. The van der Waals surface area contributed by atoms with Crippen LogP contribution in [0, 0.1) is 6.92 Å². The van der Waals surface area contributed by atoms with Gasteiger partial charge in [0.15, 0.2) is 5.78 Å². The molecule has 0 amide bonds. The third-order valence-corrected chi connectivity index (χ3v) is 4.00. The molecule has 2 aromatic rings. The number of hydrogen-bond acceptors (Lipinski definition) is 4. The molecular weight excluding hydrogens is 256 g/mol. The summed E-state index contributed by atoms with van der Waals surface area (Å²) in [5.41, 5.74) is 2.76. The largest absolute Gasteiger partial charge is 0.368 e. The molecule has 19 heavy (non-hydrogen) atoms. The van der Waals surface area contributed by atoms with Crippen LogP contribution in [0.25, 0.3) is 0 Å². The Kier molecular flexibility index (Phi) is 4.32. The van der Waals surface area contributed by atoms with Gasteiger partial charge in [0.05, 0.1) is 17.3 Å². The average molecular weight is 274 g/mol. The molecule has 0 aliphatic heterocycles. The lowest BCUT2D eigenvalue weighted by atomic mass is 10.0. The molecule has 1 aromatic carbocycles. The second kappa shape index (κ2) is 5.97. The van der Waals surface area contributed by atoms with Crippen molar-refractivity contribution < 1.29 is 4.79 Å². The number of Topliss-reactive ketones (excluding diaryl/α,β-unsaturated/α-hetero) is 1. The van der Waals surface area contributed by atoms with Gasteiger partial charge >= 0.3 is 0 Å². The van der Waals surface area contributed by atoms with Crippen molar-refractivity contribution in [1.82, 2.24) is 4.37 Å². The molecule has 100 valence electrons. The standard InChI is InChI=1S/C15H18N2OS/c1-4-13(12-8-6-5-7-9-12)16-15-14(11(3)18)10(2)17-19-15/h5-9,13,16H,4H2,1-3H3. The minimum absolute atomic E-state index is 0.0664. The van der Waals surface area contributed by atoms with Crippen LogP contribution in [0.1, 0.15) is 47.9 Å². The van der Waals surface area contributed by atoms with E-state index in [1.807, 2.05) is 25.1 Å². The zero-order chi connectivity index (χ0) is 13.8. The third kappa shape index (κ3) is 3.01. The highest BCUT2D eigenvalue weighted by atomic mass is 32.1. The van der Waals surface area contributed by atoms with Crippen LogP contribution in [-0.2, 0) is 0 Å². The molecule has 0 saturated heterocycles. The number of hydrogen-bond donors (Lipinski definition) is 1. The number of aromatic nitrogens is 1. The Labute approximate surface area is 117 Å². The van der Waals surface area contributed by atoms with E-state index in [2.05, 4.69) is 28.7 Å². The van der Waals surface area contributed by atoms with Crippen molar-refractivity contribution in [3.8, 4) is 0 Å². The Balaban J connectivity index is 2.27. The first-order chi connectivity index (χ1) is 9.13. The summed E-state index contributed by atoms with van der Waals surface area (Å²) in [4.78, 5) is 11.7. The third-order valence-electron chi connectivity index (χ3n) is 3.13. The Morgan fingerprint density at radius 1 is 1.37 bits per heavy atom. The zero-order valence-electron chi connectivity index (χ0n) is 11.4. The fourth-order valence-corrected chi connectivity index (χ4v) is 3.04. The summed E-state index contributed by atoms with van der Waals surface area (Å²) < 4.78 is 4.28. The van der Waals surface area contributed by atoms with Crippen molar-refractivity contribution in [3.63, 3.8) is 0 Å². The van der Waals surface area contributed by atoms with E-state index >= 15 is 0 Å². The lowest BCUT2D eigenvalue weighted by molar-refractivity contribution is 0.101. The molecule has 0 aliphatic rings. The second-order valence-electron chi connectivity index (χ2n) is 4.54. The molecule has 1 heterocycles. The highest BCUT2D eigenvalue weighted by Crippen LogP contribution is 2.30. The van der Waals surface area contributed by atoms with Crippen molar-refractivity contribution in [1.29, 1.82) is 0 Å². The maximum atomic E-state index is 11.7. The quantitative estimate of drug-likeness (QED) is 0.830. The lowest BCUT2D eigenvalue weighted by Crippen LogP contribution is -2.10. The maximum absolute atomic E-state index is 11.7. The summed E-state index contributed by atoms with van der Waals surface area (Å²) >= 11 is 1.36. The molecule has 1 aromatic heterocycles. The average Bonchev–Trinajstić information content (AvgIpc) is 2.78. The molecule has 3 nitrogen and oxygen atoms in total. The molecule has 2 rings (SSSR count). The molecule has 0 bridgehead atoms. The van der Waals surface area contributed by atoms with Gasteiger partial charge in [-0.3, -0.25) is 4.79 Å². The van der Waals surface area contributed by atoms with Crippen LogP contribution in [0.2, 0.25) is 0 Å². The van der Waals surface area contributed by atoms with Crippen LogP contribution in [-0.4, -0.2) is 10.2 Å². The van der Waals surface area contributed by atoms with Crippen LogP contribution in [0.3, 0.4) is 0 Å². The van der Waals surface area contributed by atoms with E-state index in [1.165, 1.54) is 17.1 Å². The van der Waals surface area contributed by atoms with Crippen molar-refractivity contribution in [2.75, 3.05) is 5.32 Å². The predicted octanol–water partition coefficient (Wildman–Crippen LogP) is 4.22. The fraction of sp³-hybridized carbons (Fsp3) is 0.333. The van der Waals surface area contributed by atoms with Gasteiger partial charge < -0.3 is 5.32 Å². The van der Waals surface area contributed by atoms with Gasteiger partial charge in [0, 0.05) is 0 Å². The fourth-order valence-electron chi connectivity index (χ4n) is 2.15. The van der Waals surface area contributed by atoms with E-state index in [0.717, 1.165) is 22.7 Å². The topological polar surface area (TPSA) is 42.0 Å². The predicted molar refractivity (Wildman–Crippen MR) is 80.0 cm³/mol. The first-order valence-corrected chi connectivity index (χ1v) is 7.19. The van der Waals surface area contributed by atoms with Crippen molar-refractivity contribution >= 4 is 22.3 Å². The van der Waals surface area contributed by atoms with Gasteiger partial charge in [-0.1, -0.05) is 37.3 Å². The molecule has 0 fully saturated rings. The smallest absolute Gasteiger partial charge is 0.164 e. The van der Waals surface area contributed by atoms with Gasteiger partial charge in [0.1, 0.15) is 5.00 Å². The van der Waals surface area contributed by atoms with Crippen LogP contribution >= 0.6 is 11.5 Å². The van der Waals surface area contributed by atoms with Crippen LogP contribution in [0.5, 0.6) is 0 Å². The maximum Gasteiger partial charge on any atom is 0.164 e. The first-order valence-electron chi connectivity index (χ1n) is 6.42. The summed E-state index contributed by atoms with van der Waals surface area (Å²) in [5, 5.41) is 4.33. The van der Waals surface area contributed by atoms with Gasteiger partial charge in [-0.25, -0.2) is 0 Å². The second-order valence-corrected chi connectivity index (χ2v) is 5.32. The summed E-state index contributed by atoms with van der Waals surface area (Å²) in [7, 11) is 0. The molecule has 0 spiro atoms. The molecular formula is C15H18N2OS. The summed E-state index contributed by atoms with van der Waals surface area (Å²) in [6.45, 7) is 5.60. The monoisotopic (exact) mass is 274 g/mol. The molecule has 1 atom stereocenters. The molecule has 0 aliphatic carbocycles. The Morgan fingerprint density at radius 2 is 2.05 bits per heavy atom. The van der Waals surface area contributed by atoms with Crippen molar-refractivity contribution in [2.24, 2.45) is 0 Å². The van der Waals surface area contributed by atoms with Crippen molar-refractivity contribution in [2.45, 2.75) is 33.2 Å². The summed E-state index contributed by atoms with van der Waals surface area (Å²) in [6.07, 6.45) is 0.957. The Bertz CT molecular complexity index is 563. The minimum Gasteiger partial charge on any atom is -0.368 e. The number of aryl methyl sites for hydroxylation is 1. The van der Waals surface area contributed by atoms with Gasteiger partial charge in [-0.15, -0.1) is 0 Å². The lowest BCUT2D eigenvalue weighted by Gasteiger charge is -2.18. The highest BCUT2D eigenvalue weighted by molar-refractivity contribution is 7.10. The number of nitrogens with zero attached hydrogens (tertiary/aromatic N) is 1. The van der Waals surface area contributed by atoms with Gasteiger partial charge in [-0.2, -0.15) is 4.37 Å². The van der Waals surface area contributed by atoms with Gasteiger partial charge in [0.2, 0.25) is 0 Å². The Morgan fingerprint density at radius 3 is 2.63 bits per heavy atom. The van der Waals surface area contributed by atoms with E-state index in [0.29, 0.717) is 0 Å². The minimum atomic E-state index is 0.0664. The number of benzene rings is 1. The molecule has 0 radical (unpaired) electrons. The summed E-state index contributed by atoms with van der Waals surface area (Å²) in [6, 6.07) is 10.5. The number of anilines is 1. The van der Waals surface area contributed by atoms with E-state index in [4.69, 9.17) is 0 Å². The van der Waals surface area contributed by atoms with Crippen LogP contribution in [0.4, 0.5) is 5.00 Å². The number of nitrogens with one attached hydrogen (secondary N) is 1. The number of rotatable bonds is 5. The summed E-state index contributed by atoms with van der Waals surface area (Å²) in [5.74, 6) is 0.0664. The van der Waals surface area contributed by atoms with Crippen LogP contribution in [0.15, 0.2) is 30.3 Å². The zero-order valence-corrected chi connectivity index (χ0v) is 12.3. The molecule has 0 saturated carbocycles. The van der Waals surface area contributed by atoms with E-state index in [1.54, 1.807) is 6.92 Å². The molecule has 1 unspecified atom stereocenters. The highest BCUT2D eigenvalue weighted by Gasteiger charge is 2.18. The van der Waals surface area contributed by atoms with E-state index in [9.17, 15) is 4.79 Å².